The molecule has 15 heavy (non-hydrogen) atoms. The largest absolute Gasteiger partial charge is 0.324 e. The maximum atomic E-state index is 6.28. The molecule has 0 saturated heterocycles. The molecule has 0 heterocycles. The van der Waals surface area contributed by atoms with Gasteiger partial charge in [-0.25, -0.2) is 0 Å². The first-order valence-electron chi connectivity index (χ1n) is 6.43. The Labute approximate surface area is 95.0 Å². The van der Waals surface area contributed by atoms with Crippen molar-refractivity contribution in [3.63, 3.8) is 0 Å². The minimum Gasteiger partial charge on any atom is -0.324 e. The van der Waals surface area contributed by atoms with Gasteiger partial charge in [0.2, 0.25) is 0 Å². The summed E-state index contributed by atoms with van der Waals surface area (Å²) >= 11 is 0. The van der Waals surface area contributed by atoms with Gasteiger partial charge in [-0.3, -0.25) is 0 Å². The standard InChI is InChI=1S/C13H28N2/c1-5-13(14,6-2)10-15-11-7-8-12(3,4)9-11/h11,15H,5-10,14H2,1-4H3. The Kier molecular flexibility index (Phi) is 4.19. The molecule has 0 bridgehead atoms. The van der Waals surface area contributed by atoms with E-state index in [1.807, 2.05) is 0 Å². The van der Waals surface area contributed by atoms with Crippen LogP contribution in [0.2, 0.25) is 0 Å². The summed E-state index contributed by atoms with van der Waals surface area (Å²) in [5.41, 5.74) is 6.82. The fourth-order valence-electron chi connectivity index (χ4n) is 2.46. The van der Waals surface area contributed by atoms with Crippen LogP contribution in [0.4, 0.5) is 0 Å². The molecule has 0 radical (unpaired) electrons. The van der Waals surface area contributed by atoms with Crippen LogP contribution in [0.25, 0.3) is 0 Å². The number of nitrogens with one attached hydrogen (secondary N) is 1. The van der Waals surface area contributed by atoms with E-state index < -0.39 is 0 Å². The van der Waals surface area contributed by atoms with Crippen molar-refractivity contribution in [3.05, 3.63) is 0 Å². The van der Waals surface area contributed by atoms with Crippen molar-refractivity contribution in [1.29, 1.82) is 0 Å². The van der Waals surface area contributed by atoms with Gasteiger partial charge < -0.3 is 11.1 Å². The van der Waals surface area contributed by atoms with Gasteiger partial charge in [-0.2, -0.15) is 0 Å². The van der Waals surface area contributed by atoms with Crippen LogP contribution in [0.5, 0.6) is 0 Å². The van der Waals surface area contributed by atoms with Crippen LogP contribution in [0.15, 0.2) is 0 Å². The lowest BCUT2D eigenvalue weighted by atomic mass is 9.91. The third-order valence-electron chi connectivity index (χ3n) is 4.12. The molecule has 0 amide bonds. The maximum absolute atomic E-state index is 6.28. The van der Waals surface area contributed by atoms with Gasteiger partial charge in [0, 0.05) is 18.1 Å². The van der Waals surface area contributed by atoms with Crippen molar-refractivity contribution in [2.24, 2.45) is 11.1 Å². The lowest BCUT2D eigenvalue weighted by Gasteiger charge is -2.29. The monoisotopic (exact) mass is 212 g/mol. The molecule has 0 aliphatic heterocycles. The highest BCUT2D eigenvalue weighted by Gasteiger charge is 2.31. The van der Waals surface area contributed by atoms with E-state index in [9.17, 15) is 0 Å². The first kappa shape index (κ1) is 13.0. The second kappa shape index (κ2) is 4.84. The Morgan fingerprint density at radius 1 is 1.33 bits per heavy atom. The normalized spacial score (nSPS) is 25.8. The summed E-state index contributed by atoms with van der Waals surface area (Å²) in [4.78, 5) is 0. The molecule has 0 aromatic carbocycles. The zero-order valence-corrected chi connectivity index (χ0v) is 10.9. The van der Waals surface area contributed by atoms with E-state index in [1.165, 1.54) is 19.3 Å². The molecule has 0 aromatic rings. The first-order valence-corrected chi connectivity index (χ1v) is 6.43. The van der Waals surface area contributed by atoms with Gasteiger partial charge in [-0.05, 0) is 37.5 Å². The lowest BCUT2D eigenvalue weighted by molar-refractivity contribution is 0.326. The minimum absolute atomic E-state index is 0.00668. The highest BCUT2D eigenvalue weighted by molar-refractivity contribution is 4.90. The van der Waals surface area contributed by atoms with Crippen LogP contribution in [-0.4, -0.2) is 18.1 Å². The highest BCUT2D eigenvalue weighted by atomic mass is 15.0. The molecule has 90 valence electrons. The third kappa shape index (κ3) is 3.76. The quantitative estimate of drug-likeness (QED) is 0.735. The average molecular weight is 212 g/mol. The molecule has 0 spiro atoms. The van der Waals surface area contributed by atoms with Gasteiger partial charge in [-0.1, -0.05) is 27.7 Å². The molecule has 1 saturated carbocycles. The van der Waals surface area contributed by atoms with Gasteiger partial charge in [0.25, 0.3) is 0 Å². The average Bonchev–Trinajstić information content (AvgIpc) is 2.55. The number of rotatable bonds is 5. The second-order valence-corrected chi connectivity index (χ2v) is 6.05. The van der Waals surface area contributed by atoms with Crippen LogP contribution < -0.4 is 11.1 Å². The lowest BCUT2D eigenvalue weighted by Crippen LogP contribution is -2.50. The van der Waals surface area contributed by atoms with Crippen molar-refractivity contribution < 1.29 is 0 Å². The van der Waals surface area contributed by atoms with Gasteiger partial charge in [0.1, 0.15) is 0 Å². The van der Waals surface area contributed by atoms with Crippen molar-refractivity contribution in [2.45, 2.75) is 71.4 Å². The number of hydrogen-bond donors (Lipinski definition) is 2. The van der Waals surface area contributed by atoms with Gasteiger partial charge in [-0.15, -0.1) is 0 Å². The van der Waals surface area contributed by atoms with Gasteiger partial charge >= 0.3 is 0 Å². The Morgan fingerprint density at radius 3 is 2.33 bits per heavy atom. The van der Waals surface area contributed by atoms with Crippen molar-refractivity contribution in [1.82, 2.24) is 5.32 Å². The van der Waals surface area contributed by atoms with Crippen LogP contribution in [0, 0.1) is 5.41 Å². The Bertz CT molecular complexity index is 195. The molecule has 1 aliphatic carbocycles. The summed E-state index contributed by atoms with van der Waals surface area (Å²) in [6.07, 6.45) is 6.09. The smallest absolute Gasteiger partial charge is 0.0275 e. The molecule has 1 unspecified atom stereocenters. The van der Waals surface area contributed by atoms with Gasteiger partial charge in [0.15, 0.2) is 0 Å². The molecule has 1 fully saturated rings. The van der Waals surface area contributed by atoms with E-state index in [4.69, 9.17) is 5.73 Å². The number of nitrogens with two attached hydrogens (primary N) is 1. The zero-order chi connectivity index (χ0) is 11.5. The van der Waals surface area contributed by atoms with E-state index in [0.29, 0.717) is 11.5 Å². The van der Waals surface area contributed by atoms with Crippen molar-refractivity contribution >= 4 is 0 Å². The van der Waals surface area contributed by atoms with E-state index in [1.54, 1.807) is 0 Å². The van der Waals surface area contributed by atoms with Crippen LogP contribution in [0.3, 0.4) is 0 Å². The SMILES string of the molecule is CCC(N)(CC)CNC1CCC(C)(C)C1. The minimum atomic E-state index is 0.00668. The Morgan fingerprint density at radius 2 is 1.93 bits per heavy atom. The van der Waals surface area contributed by atoms with E-state index in [2.05, 4.69) is 33.0 Å². The summed E-state index contributed by atoms with van der Waals surface area (Å²) < 4.78 is 0. The maximum Gasteiger partial charge on any atom is 0.0275 e. The molecular weight excluding hydrogens is 184 g/mol. The molecule has 1 rings (SSSR count). The summed E-state index contributed by atoms with van der Waals surface area (Å²) in [7, 11) is 0. The predicted molar refractivity (Wildman–Crippen MR) is 66.9 cm³/mol. The fraction of sp³-hybridized carbons (Fsp3) is 1.00. The highest BCUT2D eigenvalue weighted by Crippen LogP contribution is 2.36. The molecular formula is C13H28N2. The van der Waals surface area contributed by atoms with E-state index in [-0.39, 0.29) is 5.54 Å². The second-order valence-electron chi connectivity index (χ2n) is 6.05. The fourth-order valence-corrected chi connectivity index (χ4v) is 2.46. The first-order chi connectivity index (χ1) is 6.91. The summed E-state index contributed by atoms with van der Waals surface area (Å²) in [5.74, 6) is 0. The molecule has 2 nitrogen and oxygen atoms in total. The zero-order valence-electron chi connectivity index (χ0n) is 10.9. The molecule has 2 heteroatoms. The molecule has 1 aliphatic rings. The van der Waals surface area contributed by atoms with Crippen molar-refractivity contribution in [3.8, 4) is 0 Å². The molecule has 3 N–H and O–H groups in total. The van der Waals surface area contributed by atoms with E-state index in [0.717, 1.165) is 19.4 Å². The molecule has 1 atom stereocenters. The van der Waals surface area contributed by atoms with Crippen LogP contribution in [-0.2, 0) is 0 Å². The third-order valence-corrected chi connectivity index (χ3v) is 4.12. The van der Waals surface area contributed by atoms with E-state index >= 15 is 0 Å². The summed E-state index contributed by atoms with van der Waals surface area (Å²) in [6, 6.07) is 0.695. The molecule has 0 aromatic heterocycles. The Balaban J connectivity index is 2.32. The predicted octanol–water partition coefficient (Wildman–Crippen LogP) is 2.67. The van der Waals surface area contributed by atoms with Crippen LogP contribution >= 0.6 is 0 Å². The summed E-state index contributed by atoms with van der Waals surface area (Å²) in [5, 5.41) is 3.65. The Hall–Kier alpha value is -0.0800. The van der Waals surface area contributed by atoms with Crippen molar-refractivity contribution in [2.75, 3.05) is 6.54 Å². The van der Waals surface area contributed by atoms with Gasteiger partial charge in [0.05, 0.1) is 0 Å². The van der Waals surface area contributed by atoms with Crippen LogP contribution in [0.1, 0.15) is 59.8 Å². The number of hydrogen-bond acceptors (Lipinski definition) is 2. The summed E-state index contributed by atoms with van der Waals surface area (Å²) in [6.45, 7) is 10.1. The topological polar surface area (TPSA) is 38.0 Å².